The predicted octanol–water partition coefficient (Wildman–Crippen LogP) is 4.85. The molecule has 6 nitrogen and oxygen atoms in total. The lowest BCUT2D eigenvalue weighted by atomic mass is 10.1. The number of carbonyl (C=O) groups excluding carboxylic acids is 1. The van der Waals surface area contributed by atoms with Crippen LogP contribution in [0.15, 0.2) is 58.3 Å². The van der Waals surface area contributed by atoms with Gasteiger partial charge in [-0.3, -0.25) is 14.2 Å². The number of ether oxygens (including phenoxy) is 1. The third kappa shape index (κ3) is 4.70. The Kier molecular flexibility index (Phi) is 6.20. The van der Waals surface area contributed by atoms with Gasteiger partial charge in [0, 0.05) is 15.8 Å². The van der Waals surface area contributed by atoms with E-state index in [1.807, 2.05) is 67.9 Å². The van der Waals surface area contributed by atoms with E-state index in [-0.39, 0.29) is 30.2 Å². The van der Waals surface area contributed by atoms with Crippen molar-refractivity contribution in [2.45, 2.75) is 39.5 Å². The lowest BCUT2D eigenvalue weighted by Gasteiger charge is -2.17. The molecule has 1 atom stereocenters. The summed E-state index contributed by atoms with van der Waals surface area (Å²) in [6.45, 7) is 5.76. The molecule has 8 heteroatoms. The molecular formula is C23H23N3O3S2. The number of rotatable bonds is 7. The van der Waals surface area contributed by atoms with Crippen LogP contribution in [-0.4, -0.2) is 21.6 Å². The average molecular weight is 454 g/mol. The molecule has 0 aliphatic heterocycles. The Balaban J connectivity index is 1.52. The summed E-state index contributed by atoms with van der Waals surface area (Å²) >= 11 is 3.01. The zero-order valence-electron chi connectivity index (χ0n) is 17.5. The molecule has 4 rings (SSSR count). The quantitative estimate of drug-likeness (QED) is 0.434. The molecule has 1 unspecified atom stereocenters. The van der Waals surface area contributed by atoms with Gasteiger partial charge in [-0.05, 0) is 49.9 Å². The van der Waals surface area contributed by atoms with Gasteiger partial charge >= 0.3 is 0 Å². The van der Waals surface area contributed by atoms with Gasteiger partial charge in [0.2, 0.25) is 5.91 Å². The third-order valence-electron chi connectivity index (χ3n) is 4.77. The number of nitrogens with zero attached hydrogens (tertiary/aromatic N) is 2. The van der Waals surface area contributed by atoms with Crippen LogP contribution in [0.1, 0.15) is 32.4 Å². The number of thiophene rings is 2. The second-order valence-corrected chi connectivity index (χ2v) is 9.32. The molecule has 0 saturated heterocycles. The first-order chi connectivity index (χ1) is 14.9. The Morgan fingerprint density at radius 3 is 2.77 bits per heavy atom. The van der Waals surface area contributed by atoms with Crippen molar-refractivity contribution in [2.75, 3.05) is 0 Å². The molecule has 0 saturated carbocycles. The topological polar surface area (TPSA) is 73.2 Å². The summed E-state index contributed by atoms with van der Waals surface area (Å²) in [7, 11) is 0. The molecule has 3 heterocycles. The van der Waals surface area contributed by atoms with Crippen molar-refractivity contribution < 1.29 is 9.53 Å². The van der Waals surface area contributed by atoms with Gasteiger partial charge < -0.3 is 10.1 Å². The highest BCUT2D eigenvalue weighted by Gasteiger charge is 2.16. The van der Waals surface area contributed by atoms with Gasteiger partial charge in [-0.25, -0.2) is 4.98 Å². The number of fused-ring (bicyclic) bond motifs is 1. The fourth-order valence-corrected chi connectivity index (χ4v) is 5.07. The van der Waals surface area contributed by atoms with Gasteiger partial charge in [0.05, 0.1) is 23.9 Å². The molecular weight excluding hydrogens is 430 g/mol. The van der Waals surface area contributed by atoms with E-state index in [4.69, 9.17) is 4.74 Å². The van der Waals surface area contributed by atoms with Crippen molar-refractivity contribution in [3.8, 4) is 16.2 Å². The zero-order valence-corrected chi connectivity index (χ0v) is 19.1. The second-order valence-electron chi connectivity index (χ2n) is 7.51. The van der Waals surface area contributed by atoms with Gasteiger partial charge in [-0.15, -0.1) is 22.7 Å². The van der Waals surface area contributed by atoms with E-state index in [0.717, 1.165) is 21.8 Å². The van der Waals surface area contributed by atoms with Crippen molar-refractivity contribution in [3.63, 3.8) is 0 Å². The Bertz CT molecular complexity index is 1260. The van der Waals surface area contributed by atoms with Crippen LogP contribution in [0.25, 0.3) is 20.7 Å². The molecule has 0 radical (unpaired) electrons. The monoisotopic (exact) mass is 453 g/mol. The van der Waals surface area contributed by atoms with E-state index in [9.17, 15) is 9.59 Å². The molecule has 3 aromatic heterocycles. The third-order valence-corrected chi connectivity index (χ3v) is 6.56. The molecule has 1 aromatic carbocycles. The highest BCUT2D eigenvalue weighted by atomic mass is 32.1. The number of carbonyl (C=O) groups is 1. The van der Waals surface area contributed by atoms with E-state index >= 15 is 0 Å². The first-order valence-electron chi connectivity index (χ1n) is 9.99. The van der Waals surface area contributed by atoms with E-state index in [1.165, 1.54) is 22.2 Å². The van der Waals surface area contributed by atoms with Crippen LogP contribution in [0.5, 0.6) is 5.75 Å². The molecule has 0 aliphatic carbocycles. The predicted molar refractivity (Wildman–Crippen MR) is 126 cm³/mol. The maximum atomic E-state index is 13.1. The second kappa shape index (κ2) is 9.03. The lowest BCUT2D eigenvalue weighted by Crippen LogP contribution is -2.33. The summed E-state index contributed by atoms with van der Waals surface area (Å²) in [6.07, 6.45) is 1.52. The summed E-state index contributed by atoms with van der Waals surface area (Å²) in [6, 6.07) is 11.4. The molecule has 0 fully saturated rings. The van der Waals surface area contributed by atoms with Gasteiger partial charge in [-0.1, -0.05) is 18.2 Å². The fraction of sp³-hybridized carbons (Fsp3) is 0.261. The summed E-state index contributed by atoms with van der Waals surface area (Å²) in [5.41, 5.74) is 1.60. The zero-order chi connectivity index (χ0) is 22.0. The highest BCUT2D eigenvalue weighted by Crippen LogP contribution is 2.33. The van der Waals surface area contributed by atoms with Crippen molar-refractivity contribution >= 4 is 38.8 Å². The Morgan fingerprint density at radius 2 is 2.03 bits per heavy atom. The van der Waals surface area contributed by atoms with E-state index in [1.54, 1.807) is 11.3 Å². The van der Waals surface area contributed by atoms with Gasteiger partial charge in [0.15, 0.2) is 0 Å². The standard InChI is InChI=1S/C23H23N3O3S2/c1-14(2)29-17-7-4-6-16(10-17)15(3)25-20(27)11-26-13-24-22-21(23(26)28)18(12-31-22)19-8-5-9-30-19/h4-10,12-15H,11H2,1-3H3,(H,25,27). The largest absolute Gasteiger partial charge is 0.491 e. The number of nitrogens with one attached hydrogen (secondary N) is 1. The van der Waals surface area contributed by atoms with Crippen LogP contribution in [0, 0.1) is 0 Å². The average Bonchev–Trinajstić information content (AvgIpc) is 3.39. The first-order valence-corrected chi connectivity index (χ1v) is 11.7. The number of benzene rings is 1. The highest BCUT2D eigenvalue weighted by molar-refractivity contribution is 7.18. The lowest BCUT2D eigenvalue weighted by molar-refractivity contribution is -0.122. The van der Waals surface area contributed by atoms with Crippen molar-refractivity contribution in [3.05, 3.63) is 69.4 Å². The molecule has 160 valence electrons. The Morgan fingerprint density at radius 1 is 1.19 bits per heavy atom. The van der Waals surface area contributed by atoms with Gasteiger partial charge in [-0.2, -0.15) is 0 Å². The number of amides is 1. The SMILES string of the molecule is CC(C)Oc1cccc(C(C)NC(=O)Cn2cnc3scc(-c4cccs4)c3c2=O)c1. The molecule has 0 spiro atoms. The summed E-state index contributed by atoms with van der Waals surface area (Å²) in [5.74, 6) is 0.511. The minimum atomic E-state index is -0.251. The number of aromatic nitrogens is 2. The molecule has 1 N–H and O–H groups in total. The van der Waals surface area contributed by atoms with Crippen LogP contribution >= 0.6 is 22.7 Å². The first kappa shape index (κ1) is 21.3. The fourth-order valence-electron chi connectivity index (χ4n) is 3.35. The number of hydrogen-bond donors (Lipinski definition) is 1. The summed E-state index contributed by atoms with van der Waals surface area (Å²) < 4.78 is 7.10. The van der Waals surface area contributed by atoms with Crippen molar-refractivity contribution in [1.29, 1.82) is 0 Å². The van der Waals surface area contributed by atoms with E-state index in [0.29, 0.717) is 10.2 Å². The smallest absolute Gasteiger partial charge is 0.263 e. The van der Waals surface area contributed by atoms with Crippen LogP contribution in [0.4, 0.5) is 0 Å². The van der Waals surface area contributed by atoms with E-state index in [2.05, 4.69) is 10.3 Å². The minimum absolute atomic E-state index is 0.0746. The summed E-state index contributed by atoms with van der Waals surface area (Å²) in [4.78, 5) is 31.8. The van der Waals surface area contributed by atoms with E-state index < -0.39 is 0 Å². The van der Waals surface area contributed by atoms with Crippen LogP contribution in [0.3, 0.4) is 0 Å². The minimum Gasteiger partial charge on any atom is -0.491 e. The number of hydrogen-bond acceptors (Lipinski definition) is 6. The molecule has 31 heavy (non-hydrogen) atoms. The van der Waals surface area contributed by atoms with Gasteiger partial charge in [0.25, 0.3) is 5.56 Å². The van der Waals surface area contributed by atoms with Crippen LogP contribution < -0.4 is 15.6 Å². The molecule has 1 amide bonds. The van der Waals surface area contributed by atoms with Crippen LogP contribution in [0.2, 0.25) is 0 Å². The molecule has 4 aromatic rings. The maximum absolute atomic E-state index is 13.1. The summed E-state index contributed by atoms with van der Waals surface area (Å²) in [5, 5.41) is 7.45. The molecule has 0 bridgehead atoms. The van der Waals surface area contributed by atoms with Crippen LogP contribution in [-0.2, 0) is 11.3 Å². The Labute approximate surface area is 188 Å². The molecule has 0 aliphatic rings. The van der Waals surface area contributed by atoms with Crippen molar-refractivity contribution in [2.24, 2.45) is 0 Å². The Hall–Kier alpha value is -2.97. The van der Waals surface area contributed by atoms with Gasteiger partial charge in [0.1, 0.15) is 17.1 Å². The van der Waals surface area contributed by atoms with Crippen molar-refractivity contribution in [1.82, 2.24) is 14.9 Å². The maximum Gasteiger partial charge on any atom is 0.263 e. The normalized spacial score (nSPS) is 12.3.